The van der Waals surface area contributed by atoms with E-state index in [2.05, 4.69) is 4.81 Å². The van der Waals surface area contributed by atoms with Gasteiger partial charge in [-0.05, 0) is 0 Å². The predicted molar refractivity (Wildman–Crippen MR) is 107 cm³/mol. The van der Waals surface area contributed by atoms with Gasteiger partial charge in [0, 0.05) is 0 Å². The molecule has 0 aliphatic carbocycles. The van der Waals surface area contributed by atoms with Gasteiger partial charge >= 0.3 is 210 Å². The van der Waals surface area contributed by atoms with E-state index in [0.717, 1.165) is 0 Å². The number of hydrogen-bond acceptors (Lipinski definition) is 8. The SMILES string of the molecule is O.O.O.O.O=C(O)O.O=S(=O)(O)O.O=[Si](O)O.OOB(O)O.[NaH].[NaH].[NaH].[NaH].[NaH].[NaH]. The van der Waals surface area contributed by atoms with Crippen LogP contribution in [0.3, 0.4) is 0 Å². The topological polar surface area (TPSA) is 386 Å². The summed E-state index contributed by atoms with van der Waals surface area (Å²) in [7, 11) is -9.86. The van der Waals surface area contributed by atoms with Crippen molar-refractivity contribution in [2.45, 2.75) is 0 Å². The molecule has 154 valence electrons. The minimum absolute atomic E-state index is 0. The van der Waals surface area contributed by atoms with Gasteiger partial charge in [-0.1, -0.05) is 0 Å². The van der Waals surface area contributed by atoms with Crippen molar-refractivity contribution in [2.75, 3.05) is 0 Å². The van der Waals surface area contributed by atoms with E-state index in [4.69, 9.17) is 61.9 Å². The zero-order valence-electron chi connectivity index (χ0n) is 10.1. The fourth-order valence-corrected chi connectivity index (χ4v) is 0. The summed E-state index contributed by atoms with van der Waals surface area (Å²) in [5.74, 6) is 0. The van der Waals surface area contributed by atoms with E-state index in [1.807, 2.05) is 0 Å². The summed E-state index contributed by atoms with van der Waals surface area (Å²) in [4.78, 5) is 25.7. The Bertz CT molecular complexity index is 287. The zero-order valence-corrected chi connectivity index (χ0v) is 11.9. The molecule has 0 aromatic carbocycles. The molecule has 17 N–H and O–H groups in total. The van der Waals surface area contributed by atoms with Crippen LogP contribution in [0.4, 0.5) is 4.79 Å². The monoisotopic (exact) mass is 532 g/mol. The molecule has 0 atom stereocenters. The van der Waals surface area contributed by atoms with Crippen LogP contribution in [-0.2, 0) is 19.7 Å². The van der Waals surface area contributed by atoms with Gasteiger partial charge in [-0.15, -0.1) is 0 Å². The maximum atomic E-state index is 8.74. The fraction of sp³-hybridized carbons (Fsp3) is 0. The molecule has 0 rings (SSSR count). The summed E-state index contributed by atoms with van der Waals surface area (Å²) in [6.45, 7) is 0. The van der Waals surface area contributed by atoms with E-state index in [9.17, 15) is 0 Å². The second-order valence-electron chi connectivity index (χ2n) is 1.44. The zero-order chi connectivity index (χ0) is 15.9. The molecule has 0 bridgehead atoms. The Morgan fingerprint density at radius 3 is 0.821 bits per heavy atom. The Labute approximate surface area is 293 Å². The van der Waals surface area contributed by atoms with E-state index >= 15 is 0 Å². The van der Waals surface area contributed by atoms with E-state index < -0.39 is 33.0 Å². The van der Waals surface area contributed by atoms with Gasteiger partial charge < -0.3 is 51.8 Å². The van der Waals surface area contributed by atoms with Crippen LogP contribution >= 0.6 is 0 Å². The molecule has 0 spiro atoms. The van der Waals surface area contributed by atoms with E-state index in [-0.39, 0.29) is 199 Å². The van der Waals surface area contributed by atoms with Crippen molar-refractivity contribution in [1.82, 2.24) is 0 Å². The van der Waals surface area contributed by atoms with Crippen molar-refractivity contribution in [3.8, 4) is 0 Å². The molecule has 0 fully saturated rings. The normalized spacial score (nSPS) is 5.18. The molecule has 0 heterocycles. The molecule has 18 nitrogen and oxygen atoms in total. The summed E-state index contributed by atoms with van der Waals surface area (Å²) in [5, 5.41) is 36.0. The third-order valence-corrected chi connectivity index (χ3v) is 0.0943. The second-order valence-corrected chi connectivity index (χ2v) is 2.91. The van der Waals surface area contributed by atoms with Gasteiger partial charge in [0.15, 0.2) is 0 Å². The van der Waals surface area contributed by atoms with Gasteiger partial charge in [-0.3, -0.25) is 18.8 Å². The van der Waals surface area contributed by atoms with Crippen molar-refractivity contribution in [2.24, 2.45) is 0 Å². The first kappa shape index (κ1) is 94.2. The Morgan fingerprint density at radius 2 is 0.821 bits per heavy atom. The third-order valence-electron chi connectivity index (χ3n) is 0.0943. The Balaban J connectivity index is -0.00000000697. The van der Waals surface area contributed by atoms with Crippen LogP contribution in [0.2, 0.25) is 0 Å². The molecular formula is CH23BNa6O18SSi. The molecular weight excluding hydrogens is 509 g/mol. The number of carboxylic acid groups (broad SMARTS) is 2. The van der Waals surface area contributed by atoms with Gasteiger partial charge in [0.2, 0.25) is 0 Å². The molecule has 0 saturated carbocycles. The van der Waals surface area contributed by atoms with E-state index in [1.54, 1.807) is 0 Å². The fourth-order valence-electron chi connectivity index (χ4n) is 0. The van der Waals surface area contributed by atoms with E-state index in [1.165, 1.54) is 0 Å². The Hall–Kier alpha value is 4.50. The van der Waals surface area contributed by atoms with Crippen LogP contribution in [0.5, 0.6) is 0 Å². The van der Waals surface area contributed by atoms with Crippen molar-refractivity contribution in [3.63, 3.8) is 0 Å². The first-order chi connectivity index (χ1) is 7.73. The molecule has 0 aliphatic heterocycles. The summed E-state index contributed by atoms with van der Waals surface area (Å²) in [5.41, 5.74) is 0. The van der Waals surface area contributed by atoms with Crippen molar-refractivity contribution in [1.29, 1.82) is 0 Å². The van der Waals surface area contributed by atoms with Crippen LogP contribution < -0.4 is 0 Å². The minimum atomic E-state index is -4.67. The van der Waals surface area contributed by atoms with Crippen LogP contribution in [0.1, 0.15) is 0 Å². The molecule has 0 saturated heterocycles. The summed E-state index contributed by atoms with van der Waals surface area (Å²) in [6.07, 6.45) is -1.83. The molecule has 0 unspecified atom stereocenters. The summed E-state index contributed by atoms with van der Waals surface area (Å²) < 4.78 is 40.3. The quantitative estimate of drug-likeness (QED) is 0.0655. The standard InChI is InChI=1S/CH2O3.BH3O4.6Na.H2O4S.H2O3Si.4H2O.6H/c2-1(3)4;2-1(3)5-4;;;;;;;1-5(2,3)4;1-4(2)3;;;;;;;;;;/h(H2,2,3,4);2-4H;;;;;;;(H2,1,2,3,4);1-2H;4*1H2;;;;;;. The van der Waals surface area contributed by atoms with Gasteiger partial charge in [-0.25, -0.2) is 9.60 Å². The van der Waals surface area contributed by atoms with E-state index in [0.29, 0.717) is 0 Å². The third kappa shape index (κ3) is 628. The van der Waals surface area contributed by atoms with Crippen molar-refractivity contribution in [3.05, 3.63) is 0 Å². The Morgan fingerprint density at radius 1 is 0.786 bits per heavy atom. The molecule has 28 heavy (non-hydrogen) atoms. The van der Waals surface area contributed by atoms with Crippen molar-refractivity contribution >= 4 is 210 Å². The van der Waals surface area contributed by atoms with Gasteiger partial charge in [-0.2, -0.15) is 8.42 Å². The average molecular weight is 532 g/mol. The molecule has 27 heteroatoms. The molecule has 0 aromatic rings. The molecule has 0 aromatic heterocycles. The van der Waals surface area contributed by atoms with Gasteiger partial charge in [0.1, 0.15) is 0 Å². The summed E-state index contributed by atoms with van der Waals surface area (Å²) >= 11 is 0. The van der Waals surface area contributed by atoms with Gasteiger partial charge in [0.05, 0.1) is 0 Å². The predicted octanol–water partition coefficient (Wildman–Crippen LogP) is -10.8. The van der Waals surface area contributed by atoms with Crippen LogP contribution in [0.15, 0.2) is 0 Å². The Kier molecular flexibility index (Phi) is 235. The number of hydrogen-bond donors (Lipinski definition) is 9. The second kappa shape index (κ2) is 69.7. The maximum absolute atomic E-state index is 8.74. The van der Waals surface area contributed by atoms with Crippen LogP contribution in [-0.4, -0.2) is 275 Å². The molecule has 0 amide bonds. The molecule has 0 radical (unpaired) electrons. The first-order valence-electron chi connectivity index (χ1n) is 2.94. The van der Waals surface area contributed by atoms with Crippen LogP contribution in [0, 0.1) is 0 Å². The average Bonchev–Trinajstić information content (AvgIpc) is 1.98. The van der Waals surface area contributed by atoms with Crippen LogP contribution in [0.25, 0.3) is 0 Å². The number of rotatable bonds is 1. The van der Waals surface area contributed by atoms with Gasteiger partial charge in [0.25, 0.3) is 0 Å². The summed E-state index contributed by atoms with van der Waals surface area (Å²) in [6, 6.07) is 0. The number of carbonyl (C=O) groups is 1. The first-order valence-corrected chi connectivity index (χ1v) is 5.64. The van der Waals surface area contributed by atoms with Crippen molar-refractivity contribution < 1.29 is 88.6 Å². The molecule has 0 aliphatic rings.